The van der Waals surface area contributed by atoms with Crippen LogP contribution >= 0.6 is 0 Å². The molecule has 1 aromatic carbocycles. The van der Waals surface area contributed by atoms with Crippen LogP contribution in [-0.2, 0) is 24.2 Å². The van der Waals surface area contributed by atoms with E-state index in [1.165, 1.54) is 28.6 Å². The molecule has 3 fully saturated rings. The third kappa shape index (κ3) is 4.66. The van der Waals surface area contributed by atoms with E-state index in [-0.39, 0.29) is 36.4 Å². The highest BCUT2D eigenvalue weighted by atomic mass is 32.2. The molecule has 3 heterocycles. The molecule has 0 bridgehead atoms. The van der Waals surface area contributed by atoms with Gasteiger partial charge in [-0.1, -0.05) is 0 Å². The molecule has 3 aliphatic rings. The van der Waals surface area contributed by atoms with Gasteiger partial charge in [-0.25, -0.2) is 8.42 Å². The van der Waals surface area contributed by atoms with Crippen LogP contribution in [0.15, 0.2) is 29.2 Å². The van der Waals surface area contributed by atoms with Gasteiger partial charge in [0.05, 0.1) is 42.4 Å². The van der Waals surface area contributed by atoms with E-state index < -0.39 is 20.5 Å². The summed E-state index contributed by atoms with van der Waals surface area (Å²) in [5, 5.41) is 10.9. The van der Waals surface area contributed by atoms with Crippen LogP contribution in [0.3, 0.4) is 0 Å². The van der Waals surface area contributed by atoms with Crippen molar-refractivity contribution in [2.45, 2.75) is 29.4 Å². The summed E-state index contributed by atoms with van der Waals surface area (Å²) in [5.41, 5.74) is -0.809. The Hall–Kier alpha value is -1.63. The molecule has 0 N–H and O–H groups in total. The number of nitrogens with zero attached hydrogens (tertiary/aromatic N) is 3. The fourth-order valence-electron chi connectivity index (χ4n) is 4.28. The topological polar surface area (TPSA) is 111 Å². The van der Waals surface area contributed by atoms with Gasteiger partial charge in [0.1, 0.15) is 5.60 Å². The Bertz CT molecular complexity index is 857. The van der Waals surface area contributed by atoms with E-state index >= 15 is 0 Å². The number of morpholine rings is 1. The van der Waals surface area contributed by atoms with Crippen molar-refractivity contribution in [1.29, 1.82) is 0 Å². The van der Waals surface area contributed by atoms with Crippen molar-refractivity contribution in [1.82, 2.24) is 9.21 Å². The van der Waals surface area contributed by atoms with Gasteiger partial charge in [0.2, 0.25) is 10.0 Å². The maximum Gasteiger partial charge on any atom is 0.269 e. The van der Waals surface area contributed by atoms with Crippen molar-refractivity contribution < 1.29 is 27.6 Å². The lowest BCUT2D eigenvalue weighted by Gasteiger charge is -2.33. The molecule has 0 aliphatic carbocycles. The van der Waals surface area contributed by atoms with Gasteiger partial charge >= 0.3 is 0 Å². The number of rotatable bonds is 5. The summed E-state index contributed by atoms with van der Waals surface area (Å²) in [6.45, 7) is 5.09. The number of sulfonamides is 1. The standard InChI is InChI=1S/C19H27N3O7S/c23-22(24)16-1-3-18(4-2-16)30(25,26)21-9-12-28-15-19(14-21)6-5-17(29-19)13-20-7-10-27-11-8-20/h1-4,17H,5-15H2/t17-,19-/m1/s1. The van der Waals surface area contributed by atoms with Crippen molar-refractivity contribution in [2.24, 2.45) is 0 Å². The number of nitro groups is 1. The highest BCUT2D eigenvalue weighted by Gasteiger charge is 2.46. The highest BCUT2D eigenvalue weighted by Crippen LogP contribution is 2.35. The maximum absolute atomic E-state index is 13.2. The van der Waals surface area contributed by atoms with Gasteiger partial charge < -0.3 is 14.2 Å². The Kier molecular flexibility index (Phi) is 6.37. The van der Waals surface area contributed by atoms with Gasteiger partial charge in [0, 0.05) is 44.9 Å². The van der Waals surface area contributed by atoms with Crippen LogP contribution < -0.4 is 0 Å². The van der Waals surface area contributed by atoms with E-state index in [0.717, 1.165) is 45.7 Å². The summed E-state index contributed by atoms with van der Waals surface area (Å²) >= 11 is 0. The molecule has 0 aromatic heterocycles. The lowest BCUT2D eigenvalue weighted by molar-refractivity contribution is -0.384. The van der Waals surface area contributed by atoms with Crippen LogP contribution in [0.2, 0.25) is 0 Å². The normalized spacial score (nSPS) is 29.1. The largest absolute Gasteiger partial charge is 0.379 e. The third-order valence-corrected chi connectivity index (χ3v) is 7.76. The van der Waals surface area contributed by atoms with Crippen molar-refractivity contribution in [3.63, 3.8) is 0 Å². The highest BCUT2D eigenvalue weighted by molar-refractivity contribution is 7.89. The first kappa shape index (κ1) is 21.6. The van der Waals surface area contributed by atoms with Gasteiger partial charge in [0.15, 0.2) is 0 Å². The van der Waals surface area contributed by atoms with E-state index in [9.17, 15) is 18.5 Å². The fourth-order valence-corrected chi connectivity index (χ4v) is 5.78. The van der Waals surface area contributed by atoms with E-state index in [1.807, 2.05) is 0 Å². The van der Waals surface area contributed by atoms with Gasteiger partial charge in [-0.2, -0.15) is 4.31 Å². The van der Waals surface area contributed by atoms with Crippen molar-refractivity contribution in [3.05, 3.63) is 34.4 Å². The first-order valence-electron chi connectivity index (χ1n) is 10.2. The second kappa shape index (κ2) is 8.85. The molecule has 0 radical (unpaired) electrons. The van der Waals surface area contributed by atoms with Crippen LogP contribution in [0.5, 0.6) is 0 Å². The Morgan fingerprint density at radius 1 is 1.10 bits per heavy atom. The summed E-state index contributed by atoms with van der Waals surface area (Å²) in [6, 6.07) is 4.98. The molecule has 11 heteroatoms. The first-order chi connectivity index (χ1) is 14.4. The van der Waals surface area contributed by atoms with Crippen LogP contribution in [0.25, 0.3) is 0 Å². The molecular weight excluding hydrogens is 414 g/mol. The Balaban J connectivity index is 1.46. The number of ether oxygens (including phenoxy) is 3. The quantitative estimate of drug-likeness (QED) is 0.489. The molecule has 0 amide bonds. The van der Waals surface area contributed by atoms with Gasteiger partial charge in [-0.3, -0.25) is 15.0 Å². The van der Waals surface area contributed by atoms with Crippen LogP contribution in [-0.4, -0.2) is 93.4 Å². The maximum atomic E-state index is 13.2. The number of hydrogen-bond acceptors (Lipinski definition) is 8. The minimum Gasteiger partial charge on any atom is -0.379 e. The predicted molar refractivity (Wildman–Crippen MR) is 107 cm³/mol. The summed E-state index contributed by atoms with van der Waals surface area (Å²) in [5.74, 6) is 0. The lowest BCUT2D eigenvalue weighted by Crippen LogP contribution is -2.47. The summed E-state index contributed by atoms with van der Waals surface area (Å²) in [7, 11) is -3.81. The molecule has 3 aliphatic heterocycles. The van der Waals surface area contributed by atoms with E-state index in [2.05, 4.69) is 4.90 Å². The Morgan fingerprint density at radius 2 is 1.80 bits per heavy atom. The summed E-state index contributed by atoms with van der Waals surface area (Å²) < 4.78 is 45.3. The predicted octanol–water partition coefficient (Wildman–Crippen LogP) is 0.866. The van der Waals surface area contributed by atoms with E-state index in [4.69, 9.17) is 14.2 Å². The average Bonchev–Trinajstić information content (AvgIpc) is 2.99. The molecule has 0 unspecified atom stereocenters. The SMILES string of the molecule is O=[N+]([O-])c1ccc(S(=O)(=O)N2CCOC[C@@]3(CC[C@H](CN4CCOCC4)O3)C2)cc1. The van der Waals surface area contributed by atoms with Crippen molar-refractivity contribution in [2.75, 3.05) is 59.2 Å². The molecule has 4 rings (SSSR count). The zero-order valence-corrected chi connectivity index (χ0v) is 17.6. The Morgan fingerprint density at radius 3 is 2.50 bits per heavy atom. The Labute approximate surface area is 175 Å². The molecule has 1 aromatic rings. The van der Waals surface area contributed by atoms with Crippen molar-refractivity contribution >= 4 is 15.7 Å². The number of hydrogen-bond donors (Lipinski definition) is 0. The summed E-state index contributed by atoms with van der Waals surface area (Å²) in [6.07, 6.45) is 1.62. The zero-order valence-electron chi connectivity index (χ0n) is 16.8. The first-order valence-corrected chi connectivity index (χ1v) is 11.6. The van der Waals surface area contributed by atoms with Gasteiger partial charge in [-0.15, -0.1) is 0 Å². The summed E-state index contributed by atoms with van der Waals surface area (Å²) in [4.78, 5) is 12.7. The van der Waals surface area contributed by atoms with Crippen molar-refractivity contribution in [3.8, 4) is 0 Å². The van der Waals surface area contributed by atoms with E-state index in [0.29, 0.717) is 6.61 Å². The second-order valence-electron chi connectivity index (χ2n) is 8.02. The van der Waals surface area contributed by atoms with Crippen LogP contribution in [0, 0.1) is 10.1 Å². The molecule has 1 spiro atoms. The van der Waals surface area contributed by atoms with Gasteiger partial charge in [-0.05, 0) is 25.0 Å². The average molecular weight is 442 g/mol. The van der Waals surface area contributed by atoms with Gasteiger partial charge in [0.25, 0.3) is 5.69 Å². The molecule has 3 saturated heterocycles. The lowest BCUT2D eigenvalue weighted by atomic mass is 10.0. The molecule has 10 nitrogen and oxygen atoms in total. The molecular formula is C19H27N3O7S. The molecule has 166 valence electrons. The fraction of sp³-hybridized carbons (Fsp3) is 0.684. The molecule has 30 heavy (non-hydrogen) atoms. The number of non-ortho nitro benzene ring substituents is 1. The minimum absolute atomic E-state index is 0.0352. The van der Waals surface area contributed by atoms with Crippen LogP contribution in [0.4, 0.5) is 5.69 Å². The zero-order chi connectivity index (χ0) is 21.2. The van der Waals surface area contributed by atoms with Crippen LogP contribution in [0.1, 0.15) is 12.8 Å². The smallest absolute Gasteiger partial charge is 0.269 e. The minimum atomic E-state index is -3.81. The monoisotopic (exact) mass is 441 g/mol. The molecule has 2 atom stereocenters. The van der Waals surface area contributed by atoms with E-state index in [1.54, 1.807) is 0 Å². The number of benzene rings is 1. The second-order valence-corrected chi connectivity index (χ2v) is 9.95. The molecule has 0 saturated carbocycles. The third-order valence-electron chi connectivity index (χ3n) is 5.90. The number of nitro benzene ring substituents is 1.